The van der Waals surface area contributed by atoms with E-state index < -0.39 is 11.7 Å². The first-order valence-electron chi connectivity index (χ1n) is 10.3. The molecule has 31 heavy (non-hydrogen) atoms. The third-order valence-electron chi connectivity index (χ3n) is 5.51. The van der Waals surface area contributed by atoms with Crippen molar-refractivity contribution in [3.8, 4) is 11.4 Å². The van der Waals surface area contributed by atoms with Crippen molar-refractivity contribution in [3.05, 3.63) is 59.9 Å². The Kier molecular flexibility index (Phi) is 6.11. The number of alkyl halides is 3. The maximum Gasteiger partial charge on any atom is 0.416 e. The zero-order chi connectivity index (χ0) is 21.8. The van der Waals surface area contributed by atoms with Crippen molar-refractivity contribution in [3.63, 3.8) is 0 Å². The number of hydrogen-bond donors (Lipinski definition) is 0. The van der Waals surface area contributed by atoms with Gasteiger partial charge in [0, 0.05) is 24.6 Å². The van der Waals surface area contributed by atoms with Crippen LogP contribution in [0.3, 0.4) is 0 Å². The van der Waals surface area contributed by atoms with Gasteiger partial charge < -0.3 is 13.8 Å². The minimum atomic E-state index is -4.40. The van der Waals surface area contributed by atoms with E-state index in [2.05, 4.69) is 10.1 Å². The number of halogens is 3. The molecule has 0 bridgehead atoms. The van der Waals surface area contributed by atoms with Gasteiger partial charge in [-0.15, -0.1) is 0 Å². The molecule has 0 aliphatic heterocycles. The minimum Gasteiger partial charge on any atom is -0.459 e. The molecule has 0 saturated heterocycles. The van der Waals surface area contributed by atoms with Gasteiger partial charge in [-0.3, -0.25) is 4.79 Å². The molecule has 1 aliphatic rings. The Hall–Kier alpha value is -3.10. The molecule has 1 amide bonds. The van der Waals surface area contributed by atoms with Crippen LogP contribution >= 0.6 is 0 Å². The van der Waals surface area contributed by atoms with Crippen LogP contribution in [0.15, 0.2) is 51.6 Å². The predicted molar refractivity (Wildman–Crippen MR) is 105 cm³/mol. The predicted octanol–water partition coefficient (Wildman–Crippen LogP) is 5.37. The van der Waals surface area contributed by atoms with Gasteiger partial charge in [0.25, 0.3) is 5.91 Å². The zero-order valence-corrected chi connectivity index (χ0v) is 16.8. The van der Waals surface area contributed by atoms with Crippen molar-refractivity contribution >= 4 is 5.91 Å². The lowest BCUT2D eigenvalue weighted by atomic mass is 9.94. The van der Waals surface area contributed by atoms with Crippen LogP contribution in [-0.4, -0.2) is 33.5 Å². The lowest BCUT2D eigenvalue weighted by Gasteiger charge is -2.33. The Morgan fingerprint density at radius 3 is 2.48 bits per heavy atom. The minimum absolute atomic E-state index is 0.128. The lowest BCUT2D eigenvalue weighted by molar-refractivity contribution is -0.137. The first kappa shape index (κ1) is 21.1. The molecule has 0 atom stereocenters. The van der Waals surface area contributed by atoms with Crippen molar-refractivity contribution in [2.24, 2.45) is 0 Å². The summed E-state index contributed by atoms with van der Waals surface area (Å²) in [7, 11) is 0. The number of aromatic nitrogens is 2. The van der Waals surface area contributed by atoms with Gasteiger partial charge >= 0.3 is 6.18 Å². The molecule has 4 rings (SSSR count). The summed E-state index contributed by atoms with van der Waals surface area (Å²) < 4.78 is 48.8. The van der Waals surface area contributed by atoms with E-state index >= 15 is 0 Å². The highest BCUT2D eigenvalue weighted by atomic mass is 19.4. The molecular formula is C22H22F3N3O3. The van der Waals surface area contributed by atoms with Crippen LogP contribution in [0.25, 0.3) is 11.4 Å². The van der Waals surface area contributed by atoms with Gasteiger partial charge in [-0.25, -0.2) is 0 Å². The highest BCUT2D eigenvalue weighted by molar-refractivity contribution is 5.91. The maximum atomic E-state index is 12.9. The number of rotatable bonds is 6. The molecule has 1 aliphatic carbocycles. The summed E-state index contributed by atoms with van der Waals surface area (Å²) in [6.45, 7) is 0.388. The second-order valence-corrected chi connectivity index (χ2v) is 7.60. The summed E-state index contributed by atoms with van der Waals surface area (Å²) in [6, 6.07) is 8.05. The second kappa shape index (κ2) is 8.95. The fourth-order valence-corrected chi connectivity index (χ4v) is 3.88. The van der Waals surface area contributed by atoms with Crippen molar-refractivity contribution in [1.82, 2.24) is 15.0 Å². The number of benzene rings is 1. The van der Waals surface area contributed by atoms with E-state index in [0.29, 0.717) is 30.2 Å². The van der Waals surface area contributed by atoms with Gasteiger partial charge in [-0.1, -0.05) is 36.6 Å². The fourth-order valence-electron chi connectivity index (χ4n) is 3.88. The number of nitrogens with zero attached hydrogens (tertiary/aromatic N) is 3. The molecule has 164 valence electrons. The average molecular weight is 433 g/mol. The Bertz CT molecular complexity index is 991. The first-order valence-corrected chi connectivity index (χ1v) is 10.3. The van der Waals surface area contributed by atoms with Crippen LogP contribution < -0.4 is 0 Å². The van der Waals surface area contributed by atoms with Crippen molar-refractivity contribution in [2.75, 3.05) is 6.54 Å². The average Bonchev–Trinajstić information content (AvgIpc) is 3.47. The summed E-state index contributed by atoms with van der Waals surface area (Å²) in [5.41, 5.74) is -0.307. The third-order valence-corrected chi connectivity index (χ3v) is 5.51. The van der Waals surface area contributed by atoms with Crippen molar-refractivity contribution < 1.29 is 26.9 Å². The van der Waals surface area contributed by atoms with Crippen LogP contribution in [0.5, 0.6) is 0 Å². The van der Waals surface area contributed by atoms with E-state index in [1.807, 2.05) is 0 Å². The topological polar surface area (TPSA) is 72.4 Å². The number of hydrogen-bond acceptors (Lipinski definition) is 5. The SMILES string of the molecule is O=C(c1ccco1)N(CCc1nc(-c2ccc(C(F)(F)F)cc2)no1)C1CCCCC1. The normalized spacial score (nSPS) is 15.2. The lowest BCUT2D eigenvalue weighted by Crippen LogP contribution is -2.42. The smallest absolute Gasteiger partial charge is 0.416 e. The zero-order valence-electron chi connectivity index (χ0n) is 16.8. The molecule has 2 heterocycles. The van der Waals surface area contributed by atoms with Crippen LogP contribution in [0.2, 0.25) is 0 Å². The Balaban J connectivity index is 1.45. The standard InChI is InChI=1S/C22H22F3N3O3/c23-22(24,25)16-10-8-15(9-11-16)20-26-19(31-27-20)12-13-28(17-5-2-1-3-6-17)21(29)18-7-4-14-30-18/h4,7-11,14,17H,1-3,5-6,12-13H2. The largest absolute Gasteiger partial charge is 0.459 e. The van der Waals surface area contributed by atoms with Gasteiger partial charge in [0.15, 0.2) is 5.76 Å². The fraction of sp³-hybridized carbons (Fsp3) is 0.409. The number of carbonyl (C=O) groups excluding carboxylic acids is 1. The van der Waals surface area contributed by atoms with Gasteiger partial charge in [0.05, 0.1) is 11.8 Å². The van der Waals surface area contributed by atoms with Crippen LogP contribution in [0, 0.1) is 0 Å². The van der Waals surface area contributed by atoms with Gasteiger partial charge in [0.1, 0.15) is 0 Å². The Morgan fingerprint density at radius 1 is 1.10 bits per heavy atom. The third kappa shape index (κ3) is 4.98. The Labute approximate surface area is 177 Å². The monoisotopic (exact) mass is 433 g/mol. The van der Waals surface area contributed by atoms with E-state index in [9.17, 15) is 18.0 Å². The molecule has 3 aromatic rings. The maximum absolute atomic E-state index is 12.9. The molecule has 6 nitrogen and oxygen atoms in total. The molecule has 0 radical (unpaired) electrons. The van der Waals surface area contributed by atoms with Gasteiger partial charge in [-0.2, -0.15) is 18.2 Å². The van der Waals surface area contributed by atoms with Crippen LogP contribution in [-0.2, 0) is 12.6 Å². The molecule has 0 spiro atoms. The molecule has 1 saturated carbocycles. The van der Waals surface area contributed by atoms with Crippen LogP contribution in [0.1, 0.15) is 54.1 Å². The molecule has 0 unspecified atom stereocenters. The number of furan rings is 1. The second-order valence-electron chi connectivity index (χ2n) is 7.60. The summed E-state index contributed by atoms with van der Waals surface area (Å²) in [6.07, 6.45) is 2.61. The van der Waals surface area contributed by atoms with E-state index in [1.54, 1.807) is 17.0 Å². The first-order chi connectivity index (χ1) is 14.9. The van der Waals surface area contributed by atoms with E-state index in [4.69, 9.17) is 8.94 Å². The highest BCUT2D eigenvalue weighted by Crippen LogP contribution is 2.30. The summed E-state index contributed by atoms with van der Waals surface area (Å²) >= 11 is 0. The van der Waals surface area contributed by atoms with Crippen molar-refractivity contribution in [2.45, 2.75) is 50.7 Å². The molecule has 9 heteroatoms. The van der Waals surface area contributed by atoms with Gasteiger partial charge in [-0.05, 0) is 37.1 Å². The molecular weight excluding hydrogens is 411 g/mol. The van der Waals surface area contributed by atoms with E-state index in [-0.39, 0.29) is 17.8 Å². The molecule has 1 aromatic carbocycles. The van der Waals surface area contributed by atoms with E-state index in [1.165, 1.54) is 24.8 Å². The molecule has 1 fully saturated rings. The highest BCUT2D eigenvalue weighted by Gasteiger charge is 2.30. The summed E-state index contributed by atoms with van der Waals surface area (Å²) in [5.74, 6) is 0.661. The van der Waals surface area contributed by atoms with Gasteiger partial charge in [0.2, 0.25) is 11.7 Å². The number of amides is 1. The number of carbonyl (C=O) groups is 1. The Morgan fingerprint density at radius 2 is 1.84 bits per heavy atom. The molecule has 2 aromatic heterocycles. The summed E-state index contributed by atoms with van der Waals surface area (Å²) in [4.78, 5) is 19.0. The van der Waals surface area contributed by atoms with Crippen molar-refractivity contribution in [1.29, 1.82) is 0 Å². The quantitative estimate of drug-likeness (QED) is 0.523. The van der Waals surface area contributed by atoms with Crippen LogP contribution in [0.4, 0.5) is 13.2 Å². The summed E-state index contributed by atoms with van der Waals surface area (Å²) in [5, 5.41) is 3.87. The molecule has 0 N–H and O–H groups in total. The van der Waals surface area contributed by atoms with E-state index in [0.717, 1.165) is 37.8 Å².